The summed E-state index contributed by atoms with van der Waals surface area (Å²) in [5.74, 6) is -1.64. The van der Waals surface area contributed by atoms with E-state index in [9.17, 15) is 19.5 Å². The van der Waals surface area contributed by atoms with Gasteiger partial charge in [-0.1, -0.05) is 18.2 Å². The van der Waals surface area contributed by atoms with E-state index in [-0.39, 0.29) is 17.7 Å². The number of aromatic nitrogens is 2. The number of carboxylic acids is 1. The molecule has 3 heterocycles. The maximum atomic E-state index is 12.9. The van der Waals surface area contributed by atoms with Crippen LogP contribution >= 0.6 is 11.3 Å². The summed E-state index contributed by atoms with van der Waals surface area (Å²) in [5.41, 5.74) is 2.50. The Morgan fingerprint density at radius 2 is 1.86 bits per heavy atom. The molecule has 2 unspecified atom stereocenters. The van der Waals surface area contributed by atoms with Crippen molar-refractivity contribution in [3.05, 3.63) is 81.5 Å². The molecule has 0 radical (unpaired) electrons. The molecular weight excluding hydrogens is 478 g/mol. The van der Waals surface area contributed by atoms with Crippen LogP contribution in [-0.2, 0) is 11.3 Å². The van der Waals surface area contributed by atoms with Gasteiger partial charge in [0.15, 0.2) is 5.82 Å². The van der Waals surface area contributed by atoms with E-state index in [1.807, 2.05) is 29.6 Å². The first kappa shape index (κ1) is 23.7. The highest BCUT2D eigenvalue weighted by molar-refractivity contribution is 7.09. The van der Waals surface area contributed by atoms with Gasteiger partial charge in [-0.2, -0.15) is 5.10 Å². The van der Waals surface area contributed by atoms with Crippen molar-refractivity contribution in [3.8, 4) is 0 Å². The Morgan fingerprint density at radius 3 is 2.61 bits per heavy atom. The van der Waals surface area contributed by atoms with E-state index < -0.39 is 11.9 Å². The van der Waals surface area contributed by atoms with Gasteiger partial charge >= 0.3 is 5.97 Å². The maximum absolute atomic E-state index is 12.9. The summed E-state index contributed by atoms with van der Waals surface area (Å²) < 4.78 is 0. The van der Waals surface area contributed by atoms with Crippen molar-refractivity contribution in [3.63, 3.8) is 0 Å². The lowest BCUT2D eigenvalue weighted by molar-refractivity contribution is -0.142. The van der Waals surface area contributed by atoms with Crippen LogP contribution in [0.2, 0.25) is 0 Å². The fraction of sp³-hybridized carbons (Fsp3) is 0.231. The van der Waals surface area contributed by atoms with Gasteiger partial charge in [-0.25, -0.2) is 0 Å². The lowest BCUT2D eigenvalue weighted by Crippen LogP contribution is -2.39. The van der Waals surface area contributed by atoms with Gasteiger partial charge in [0.05, 0.1) is 18.0 Å². The summed E-state index contributed by atoms with van der Waals surface area (Å²) in [7, 11) is 0. The van der Waals surface area contributed by atoms with Crippen molar-refractivity contribution < 1.29 is 19.5 Å². The van der Waals surface area contributed by atoms with Gasteiger partial charge in [0.25, 0.3) is 11.8 Å². The second-order valence-corrected chi connectivity index (χ2v) is 9.75. The van der Waals surface area contributed by atoms with E-state index in [4.69, 9.17) is 0 Å². The van der Waals surface area contributed by atoms with Gasteiger partial charge in [-0.05, 0) is 66.2 Å². The molecule has 2 aromatic heterocycles. The summed E-state index contributed by atoms with van der Waals surface area (Å²) >= 11 is 1.58. The molecule has 36 heavy (non-hydrogen) atoms. The molecule has 184 valence electrons. The number of hydrogen-bond donors (Lipinski definition) is 5. The molecule has 1 aliphatic rings. The molecule has 0 bridgehead atoms. The highest BCUT2D eigenvalue weighted by atomic mass is 32.1. The number of nitrogens with one attached hydrogen (secondary N) is 4. The van der Waals surface area contributed by atoms with Crippen LogP contribution in [0, 0.1) is 5.92 Å². The number of fused-ring (bicyclic) bond motifs is 1. The average Bonchev–Trinajstić information content (AvgIpc) is 3.57. The smallest absolute Gasteiger partial charge is 0.308 e. The van der Waals surface area contributed by atoms with Crippen LogP contribution in [0.25, 0.3) is 10.9 Å². The minimum Gasteiger partial charge on any atom is -0.481 e. The largest absolute Gasteiger partial charge is 0.481 e. The van der Waals surface area contributed by atoms with Crippen molar-refractivity contribution in [2.45, 2.75) is 18.9 Å². The molecule has 1 aliphatic heterocycles. The predicted octanol–water partition coefficient (Wildman–Crippen LogP) is 3.58. The summed E-state index contributed by atoms with van der Waals surface area (Å²) in [6.07, 6.45) is 0.727. The van der Waals surface area contributed by atoms with Crippen molar-refractivity contribution in [2.75, 3.05) is 18.4 Å². The molecule has 4 aromatic rings. The van der Waals surface area contributed by atoms with Crippen molar-refractivity contribution in [1.29, 1.82) is 0 Å². The number of thiophene rings is 1. The number of carbonyl (C=O) groups is 3. The molecule has 5 N–H and O–H groups in total. The number of aromatic amines is 1. The number of carbonyl (C=O) groups excluding carboxylic acids is 2. The van der Waals surface area contributed by atoms with E-state index in [2.05, 4.69) is 26.1 Å². The zero-order valence-electron chi connectivity index (χ0n) is 19.3. The summed E-state index contributed by atoms with van der Waals surface area (Å²) in [4.78, 5) is 38.2. The first-order valence-corrected chi connectivity index (χ1v) is 12.5. The molecule has 9 nitrogen and oxygen atoms in total. The molecule has 1 fully saturated rings. The van der Waals surface area contributed by atoms with E-state index in [0.717, 1.165) is 23.4 Å². The SMILES string of the molecule is O=C(NCc1cccs1)c1ccc2[nH]nc(NC(=O)c3ccc(C4CCNCC4C(=O)O)cc3)c2c1. The maximum Gasteiger partial charge on any atom is 0.308 e. The molecule has 1 saturated heterocycles. The number of anilines is 1. The van der Waals surface area contributed by atoms with Crippen LogP contribution in [-0.4, -0.2) is 46.2 Å². The van der Waals surface area contributed by atoms with E-state index >= 15 is 0 Å². The lowest BCUT2D eigenvalue weighted by atomic mass is 9.81. The van der Waals surface area contributed by atoms with Crippen molar-refractivity contribution in [2.24, 2.45) is 5.92 Å². The second-order valence-electron chi connectivity index (χ2n) is 8.71. The molecule has 2 aromatic carbocycles. The third-order valence-electron chi connectivity index (χ3n) is 6.46. The number of H-pyrrole nitrogens is 1. The standard InChI is InChI=1S/C26H25N5O4S/c32-24(28-13-18-2-1-11-36-18)17-7-8-22-20(12-17)23(31-30-22)29-25(33)16-5-3-15(4-6-16)19-9-10-27-14-21(19)26(34)35/h1-8,11-12,19,21,27H,9-10,13-14H2,(H,28,32)(H,34,35)(H2,29,30,31,33). The van der Waals surface area contributed by atoms with Gasteiger partial charge < -0.3 is 21.1 Å². The zero-order valence-corrected chi connectivity index (χ0v) is 20.1. The number of carboxylic acid groups (broad SMARTS) is 1. The number of hydrogen-bond acceptors (Lipinski definition) is 6. The Morgan fingerprint density at radius 1 is 1.06 bits per heavy atom. The van der Waals surface area contributed by atoms with Crippen LogP contribution in [0.3, 0.4) is 0 Å². The third-order valence-corrected chi connectivity index (χ3v) is 7.34. The number of benzene rings is 2. The Kier molecular flexibility index (Phi) is 6.79. The predicted molar refractivity (Wildman–Crippen MR) is 137 cm³/mol. The minimum absolute atomic E-state index is 0.0967. The third kappa shape index (κ3) is 5.00. The summed E-state index contributed by atoms with van der Waals surface area (Å²) in [6, 6.07) is 16.1. The normalized spacial score (nSPS) is 17.6. The van der Waals surface area contributed by atoms with Crippen LogP contribution in [0.4, 0.5) is 5.82 Å². The van der Waals surface area contributed by atoms with Crippen LogP contribution in [0.1, 0.15) is 43.5 Å². The van der Waals surface area contributed by atoms with Gasteiger partial charge in [-0.15, -0.1) is 11.3 Å². The van der Waals surface area contributed by atoms with Gasteiger partial charge in [0.1, 0.15) is 0 Å². The van der Waals surface area contributed by atoms with Crippen LogP contribution in [0.5, 0.6) is 0 Å². The quantitative estimate of drug-likeness (QED) is 0.262. The van der Waals surface area contributed by atoms with E-state index in [1.165, 1.54) is 0 Å². The minimum atomic E-state index is -0.820. The fourth-order valence-electron chi connectivity index (χ4n) is 4.51. The first-order valence-electron chi connectivity index (χ1n) is 11.6. The fourth-order valence-corrected chi connectivity index (χ4v) is 5.16. The van der Waals surface area contributed by atoms with Gasteiger partial charge in [0, 0.05) is 27.9 Å². The molecule has 2 amide bonds. The summed E-state index contributed by atoms with van der Waals surface area (Å²) in [5, 5.41) is 28.0. The second kappa shape index (κ2) is 10.3. The van der Waals surface area contributed by atoms with Gasteiger partial charge in [0.2, 0.25) is 0 Å². The zero-order chi connectivity index (χ0) is 25.1. The highest BCUT2D eigenvalue weighted by Crippen LogP contribution is 2.31. The monoisotopic (exact) mass is 503 g/mol. The topological polar surface area (TPSA) is 136 Å². The molecule has 5 rings (SSSR count). The van der Waals surface area contributed by atoms with Crippen molar-refractivity contribution in [1.82, 2.24) is 20.8 Å². The van der Waals surface area contributed by atoms with E-state index in [1.54, 1.807) is 41.7 Å². The number of amides is 2. The molecule has 10 heteroatoms. The lowest BCUT2D eigenvalue weighted by Gasteiger charge is -2.29. The molecule has 0 aliphatic carbocycles. The first-order chi connectivity index (χ1) is 17.5. The van der Waals surface area contributed by atoms with Gasteiger partial charge in [-0.3, -0.25) is 19.5 Å². The molecule has 0 saturated carbocycles. The number of aliphatic carboxylic acids is 1. The van der Waals surface area contributed by atoms with Crippen molar-refractivity contribution >= 4 is 45.8 Å². The number of piperidine rings is 1. The Balaban J connectivity index is 1.29. The molecular formula is C26H25N5O4S. The average molecular weight is 504 g/mol. The van der Waals surface area contributed by atoms with Crippen LogP contribution in [0.15, 0.2) is 60.0 Å². The Labute approximate surface area is 210 Å². The van der Waals surface area contributed by atoms with Crippen LogP contribution < -0.4 is 16.0 Å². The van der Waals surface area contributed by atoms with E-state index in [0.29, 0.717) is 40.9 Å². The Bertz CT molecular complexity index is 1400. The highest BCUT2D eigenvalue weighted by Gasteiger charge is 2.31. The molecule has 2 atom stereocenters. The Hall–Kier alpha value is -4.02. The summed E-state index contributed by atoms with van der Waals surface area (Å²) in [6.45, 7) is 1.64. The molecule has 0 spiro atoms. The number of nitrogens with zero attached hydrogens (tertiary/aromatic N) is 1. The number of rotatable bonds is 7.